The average Bonchev–Trinajstić information content (AvgIpc) is 3.08. The smallest absolute Gasteiger partial charge is 0.254 e. The number of rotatable bonds is 5. The first-order chi connectivity index (χ1) is 13.7. The molecule has 1 fully saturated rings. The summed E-state index contributed by atoms with van der Waals surface area (Å²) in [5, 5.41) is 2.91. The number of carbonyl (C=O) groups excluding carboxylic acids is 2. The molecule has 7 heteroatoms. The molecule has 1 aromatic carbocycles. The van der Waals surface area contributed by atoms with Crippen molar-refractivity contribution in [2.45, 2.75) is 19.0 Å². The molecule has 2 amide bonds. The molecule has 3 heterocycles. The van der Waals surface area contributed by atoms with Crippen molar-refractivity contribution in [2.75, 3.05) is 6.54 Å². The number of benzene rings is 1. The molecular formula is C21H19N5O2. The topological polar surface area (TPSA) is 88.1 Å². The molecule has 0 saturated carbocycles. The summed E-state index contributed by atoms with van der Waals surface area (Å²) in [6.45, 7) is 1.04. The molecular weight excluding hydrogens is 354 g/mol. The van der Waals surface area contributed by atoms with Gasteiger partial charge in [-0.3, -0.25) is 14.6 Å². The van der Waals surface area contributed by atoms with E-state index >= 15 is 0 Å². The monoisotopic (exact) mass is 373 g/mol. The largest absolute Gasteiger partial charge is 0.347 e. The molecule has 1 aliphatic rings. The van der Waals surface area contributed by atoms with Gasteiger partial charge < -0.3 is 10.2 Å². The minimum absolute atomic E-state index is 0.0392. The van der Waals surface area contributed by atoms with Gasteiger partial charge in [-0.2, -0.15) is 0 Å². The first-order valence-electron chi connectivity index (χ1n) is 9.04. The highest BCUT2D eigenvalue weighted by Gasteiger charge is 2.30. The Labute approximate surface area is 162 Å². The molecule has 1 N–H and O–H groups in total. The normalized spacial score (nSPS) is 16.2. The first kappa shape index (κ1) is 17.8. The minimum atomic E-state index is -0.280. The van der Waals surface area contributed by atoms with E-state index in [0.29, 0.717) is 30.9 Å². The van der Waals surface area contributed by atoms with Gasteiger partial charge in [0.1, 0.15) is 0 Å². The standard InChI is InChI=1S/C21H19N5O2/c27-19-9-18(14-26(19)13-15-5-2-1-3-6-15)25-21(28)17-11-23-20(24-12-17)16-7-4-8-22-10-16/h1-8,10-12,18H,9,13-14H2,(H,25,28). The van der Waals surface area contributed by atoms with Crippen LogP contribution >= 0.6 is 0 Å². The zero-order valence-corrected chi connectivity index (χ0v) is 15.2. The summed E-state index contributed by atoms with van der Waals surface area (Å²) in [6, 6.07) is 13.3. The van der Waals surface area contributed by atoms with E-state index in [1.165, 1.54) is 12.4 Å². The third kappa shape index (κ3) is 4.03. The van der Waals surface area contributed by atoms with E-state index in [-0.39, 0.29) is 17.9 Å². The Kier molecular flexibility index (Phi) is 5.05. The van der Waals surface area contributed by atoms with Gasteiger partial charge >= 0.3 is 0 Å². The first-order valence-corrected chi connectivity index (χ1v) is 9.04. The molecule has 3 aromatic rings. The number of amides is 2. The Morgan fingerprint density at radius 1 is 1.07 bits per heavy atom. The molecule has 1 saturated heterocycles. The van der Waals surface area contributed by atoms with Crippen molar-refractivity contribution in [3.05, 3.63) is 78.4 Å². The summed E-state index contributed by atoms with van der Waals surface area (Å²) in [7, 11) is 0. The Hall–Kier alpha value is -3.61. The van der Waals surface area contributed by atoms with E-state index in [1.807, 2.05) is 36.4 Å². The van der Waals surface area contributed by atoms with Gasteiger partial charge in [-0.15, -0.1) is 0 Å². The lowest BCUT2D eigenvalue weighted by molar-refractivity contribution is -0.128. The number of hydrogen-bond donors (Lipinski definition) is 1. The fraction of sp³-hybridized carbons (Fsp3) is 0.190. The summed E-state index contributed by atoms with van der Waals surface area (Å²) in [6.07, 6.45) is 6.62. The van der Waals surface area contributed by atoms with E-state index in [4.69, 9.17) is 0 Å². The highest BCUT2D eigenvalue weighted by atomic mass is 16.2. The highest BCUT2D eigenvalue weighted by molar-refractivity contribution is 5.94. The van der Waals surface area contributed by atoms with Gasteiger partial charge in [0.25, 0.3) is 5.91 Å². The van der Waals surface area contributed by atoms with E-state index < -0.39 is 0 Å². The molecule has 0 spiro atoms. The van der Waals surface area contributed by atoms with Crippen LogP contribution in [0.1, 0.15) is 22.3 Å². The third-order valence-corrected chi connectivity index (χ3v) is 4.60. The van der Waals surface area contributed by atoms with E-state index in [2.05, 4.69) is 20.3 Å². The predicted octanol–water partition coefficient (Wildman–Crippen LogP) is 2.07. The second kappa shape index (κ2) is 7.96. The number of aromatic nitrogens is 3. The number of nitrogens with zero attached hydrogens (tertiary/aromatic N) is 4. The molecule has 1 atom stereocenters. The lowest BCUT2D eigenvalue weighted by atomic mass is 10.2. The quantitative estimate of drug-likeness (QED) is 0.740. The highest BCUT2D eigenvalue weighted by Crippen LogP contribution is 2.16. The number of hydrogen-bond acceptors (Lipinski definition) is 5. The zero-order valence-electron chi connectivity index (χ0n) is 15.2. The van der Waals surface area contributed by atoms with Crippen LogP contribution in [-0.2, 0) is 11.3 Å². The molecule has 4 rings (SSSR count). The number of pyridine rings is 1. The summed E-state index contributed by atoms with van der Waals surface area (Å²) in [5.41, 5.74) is 2.22. The van der Waals surface area contributed by atoms with Crippen LogP contribution in [0.15, 0.2) is 67.3 Å². The molecule has 1 aliphatic heterocycles. The SMILES string of the molecule is O=C(NC1CC(=O)N(Cc2ccccc2)C1)c1cnc(-c2cccnc2)nc1. The van der Waals surface area contributed by atoms with Crippen molar-refractivity contribution in [1.29, 1.82) is 0 Å². The maximum Gasteiger partial charge on any atom is 0.254 e. The Morgan fingerprint density at radius 3 is 2.57 bits per heavy atom. The zero-order chi connectivity index (χ0) is 19.3. The molecule has 2 aromatic heterocycles. The van der Waals surface area contributed by atoms with E-state index in [0.717, 1.165) is 11.1 Å². The maximum absolute atomic E-state index is 12.5. The van der Waals surface area contributed by atoms with Crippen LogP contribution in [0.4, 0.5) is 0 Å². The Morgan fingerprint density at radius 2 is 1.86 bits per heavy atom. The van der Waals surface area contributed by atoms with Crippen LogP contribution in [0.2, 0.25) is 0 Å². The van der Waals surface area contributed by atoms with Crippen molar-refractivity contribution in [1.82, 2.24) is 25.2 Å². The number of likely N-dealkylation sites (tertiary alicyclic amines) is 1. The predicted molar refractivity (Wildman–Crippen MR) is 103 cm³/mol. The van der Waals surface area contributed by atoms with E-state index in [9.17, 15) is 9.59 Å². The molecule has 0 bridgehead atoms. The summed E-state index contributed by atoms with van der Waals surface area (Å²) in [4.78, 5) is 39.0. The average molecular weight is 373 g/mol. The summed E-state index contributed by atoms with van der Waals surface area (Å²) < 4.78 is 0. The van der Waals surface area contributed by atoms with Crippen LogP contribution in [0.5, 0.6) is 0 Å². The third-order valence-electron chi connectivity index (χ3n) is 4.60. The van der Waals surface area contributed by atoms with Gasteiger partial charge in [0.15, 0.2) is 5.82 Å². The number of carbonyl (C=O) groups is 2. The van der Waals surface area contributed by atoms with Crippen LogP contribution in [0.3, 0.4) is 0 Å². The van der Waals surface area contributed by atoms with Crippen molar-refractivity contribution in [3.8, 4) is 11.4 Å². The second-order valence-electron chi connectivity index (χ2n) is 6.67. The van der Waals surface area contributed by atoms with Gasteiger partial charge in [0, 0.05) is 49.9 Å². The fourth-order valence-corrected chi connectivity index (χ4v) is 3.18. The van der Waals surface area contributed by atoms with Gasteiger partial charge in [0.2, 0.25) is 5.91 Å². The Balaban J connectivity index is 1.37. The van der Waals surface area contributed by atoms with Crippen molar-refractivity contribution in [3.63, 3.8) is 0 Å². The fourth-order valence-electron chi connectivity index (χ4n) is 3.18. The molecule has 1 unspecified atom stereocenters. The van der Waals surface area contributed by atoms with Gasteiger partial charge in [-0.25, -0.2) is 9.97 Å². The van der Waals surface area contributed by atoms with Gasteiger partial charge in [-0.05, 0) is 17.7 Å². The van der Waals surface area contributed by atoms with E-state index in [1.54, 1.807) is 23.4 Å². The molecule has 0 aliphatic carbocycles. The second-order valence-corrected chi connectivity index (χ2v) is 6.67. The molecule has 7 nitrogen and oxygen atoms in total. The molecule has 0 radical (unpaired) electrons. The maximum atomic E-state index is 12.5. The summed E-state index contributed by atoms with van der Waals surface area (Å²) in [5.74, 6) is 0.268. The van der Waals surface area contributed by atoms with Crippen LogP contribution < -0.4 is 5.32 Å². The number of nitrogens with one attached hydrogen (secondary N) is 1. The van der Waals surface area contributed by atoms with Crippen LogP contribution in [-0.4, -0.2) is 44.3 Å². The molecule has 28 heavy (non-hydrogen) atoms. The van der Waals surface area contributed by atoms with Crippen molar-refractivity contribution in [2.24, 2.45) is 0 Å². The van der Waals surface area contributed by atoms with Crippen LogP contribution in [0, 0.1) is 0 Å². The van der Waals surface area contributed by atoms with Crippen LogP contribution in [0.25, 0.3) is 11.4 Å². The van der Waals surface area contributed by atoms with Gasteiger partial charge in [0.05, 0.1) is 11.6 Å². The van der Waals surface area contributed by atoms with Gasteiger partial charge in [-0.1, -0.05) is 30.3 Å². The Bertz CT molecular complexity index is 961. The lowest BCUT2D eigenvalue weighted by Gasteiger charge is -2.17. The van der Waals surface area contributed by atoms with Crippen molar-refractivity contribution < 1.29 is 9.59 Å². The summed E-state index contributed by atoms with van der Waals surface area (Å²) >= 11 is 0. The van der Waals surface area contributed by atoms with Crippen molar-refractivity contribution >= 4 is 11.8 Å². The minimum Gasteiger partial charge on any atom is -0.347 e. The lowest BCUT2D eigenvalue weighted by Crippen LogP contribution is -2.37. The molecule has 140 valence electrons.